The molecule has 0 N–H and O–H groups in total. The van der Waals surface area contributed by atoms with Crippen LogP contribution in [0.1, 0.15) is 5.56 Å². The summed E-state index contributed by atoms with van der Waals surface area (Å²) in [5.74, 6) is -0.526. The molecule has 7 nitrogen and oxygen atoms in total. The summed E-state index contributed by atoms with van der Waals surface area (Å²) in [7, 11) is 1.28. The number of non-ortho nitro benzene ring substituents is 1. The lowest BCUT2D eigenvalue weighted by Gasteiger charge is -2.22. The minimum Gasteiger partial charge on any atom is -0.467 e. The molecule has 104 valence electrons. The molecule has 0 spiro atoms. The predicted molar refractivity (Wildman–Crippen MR) is 70.4 cm³/mol. The molecule has 7 heteroatoms. The fourth-order valence-electron chi connectivity index (χ4n) is 2.06. The molecule has 0 bridgehead atoms. The summed E-state index contributed by atoms with van der Waals surface area (Å²) < 4.78 is 4.78. The normalized spacial score (nSPS) is 20.9. The smallest absolute Gasteiger partial charge is 0.340 e. The third-order valence-corrected chi connectivity index (χ3v) is 3.22. The van der Waals surface area contributed by atoms with Gasteiger partial charge in [-0.3, -0.25) is 10.1 Å². The minimum absolute atomic E-state index is 0.00672. The summed E-state index contributed by atoms with van der Waals surface area (Å²) in [6.45, 7) is 4.10. The van der Waals surface area contributed by atoms with Crippen LogP contribution >= 0.6 is 0 Å². The van der Waals surface area contributed by atoms with E-state index in [0.717, 1.165) is 5.56 Å². The van der Waals surface area contributed by atoms with E-state index in [9.17, 15) is 14.9 Å². The number of carbonyl (C=O) groups excluding carboxylic acids is 1. The summed E-state index contributed by atoms with van der Waals surface area (Å²) in [6.07, 6.45) is 0.222. The van der Waals surface area contributed by atoms with E-state index >= 15 is 0 Å². The second kappa shape index (κ2) is 5.20. The Morgan fingerprint density at radius 3 is 2.60 bits per heavy atom. The Labute approximate surface area is 115 Å². The molecular weight excluding hydrogens is 262 g/mol. The lowest BCUT2D eigenvalue weighted by atomic mass is 9.86. The number of azo groups is 1. The predicted octanol–water partition coefficient (Wildman–Crippen LogP) is 2.07. The number of methoxy groups -OCH3 is 1. The van der Waals surface area contributed by atoms with E-state index < -0.39 is 16.4 Å². The van der Waals surface area contributed by atoms with Gasteiger partial charge in [0.1, 0.15) is 0 Å². The van der Waals surface area contributed by atoms with Gasteiger partial charge < -0.3 is 4.74 Å². The van der Waals surface area contributed by atoms with Crippen LogP contribution in [-0.4, -0.2) is 30.1 Å². The number of benzene rings is 1. The quantitative estimate of drug-likeness (QED) is 0.364. The molecule has 1 atom stereocenters. The Bertz CT molecular complexity index is 594. The zero-order valence-corrected chi connectivity index (χ0v) is 10.9. The zero-order chi connectivity index (χ0) is 14.8. The monoisotopic (exact) mass is 275 g/mol. The number of rotatable bonds is 4. The average molecular weight is 275 g/mol. The van der Waals surface area contributed by atoms with E-state index in [-0.39, 0.29) is 18.7 Å². The summed E-state index contributed by atoms with van der Waals surface area (Å²) in [5, 5.41) is 18.4. The van der Waals surface area contributed by atoms with Gasteiger partial charge in [-0.2, -0.15) is 10.2 Å². The number of nitro benzene ring substituents is 1. The summed E-state index contributed by atoms with van der Waals surface area (Å²) >= 11 is 0. The molecule has 0 aromatic heterocycles. The summed E-state index contributed by atoms with van der Waals surface area (Å²) in [4.78, 5) is 22.1. The number of nitrogens with zero attached hydrogens (tertiary/aromatic N) is 3. The van der Waals surface area contributed by atoms with Crippen molar-refractivity contribution in [3.63, 3.8) is 0 Å². The third-order valence-electron chi connectivity index (χ3n) is 3.22. The van der Waals surface area contributed by atoms with Gasteiger partial charge in [0.05, 0.1) is 18.6 Å². The van der Waals surface area contributed by atoms with Crippen molar-refractivity contribution in [2.24, 2.45) is 10.2 Å². The van der Waals surface area contributed by atoms with Gasteiger partial charge in [-0.25, -0.2) is 4.79 Å². The number of hydrogen-bond acceptors (Lipinski definition) is 6. The second-order valence-corrected chi connectivity index (χ2v) is 4.46. The van der Waals surface area contributed by atoms with Crippen molar-refractivity contribution in [1.82, 2.24) is 0 Å². The van der Waals surface area contributed by atoms with Gasteiger partial charge in [-0.15, -0.1) is 0 Å². The average Bonchev–Trinajstić information content (AvgIpc) is 2.81. The van der Waals surface area contributed by atoms with Gasteiger partial charge in [-0.1, -0.05) is 18.7 Å². The SMILES string of the molecule is C=C1CN=N[C@]1(Cc1ccc([N+](=O)[O-])cc1)C(=O)OC. The van der Waals surface area contributed by atoms with Crippen LogP contribution in [0.2, 0.25) is 0 Å². The molecule has 0 fully saturated rings. The van der Waals surface area contributed by atoms with Gasteiger partial charge in [0.25, 0.3) is 5.69 Å². The molecule has 0 radical (unpaired) electrons. The molecule has 1 aliphatic rings. The number of esters is 1. The van der Waals surface area contributed by atoms with Crippen molar-refractivity contribution >= 4 is 11.7 Å². The van der Waals surface area contributed by atoms with Crippen LogP contribution in [0.5, 0.6) is 0 Å². The number of ether oxygens (including phenoxy) is 1. The molecule has 1 aromatic carbocycles. The van der Waals surface area contributed by atoms with E-state index in [1.807, 2.05) is 0 Å². The Morgan fingerprint density at radius 1 is 1.50 bits per heavy atom. The maximum Gasteiger partial charge on any atom is 0.340 e. The van der Waals surface area contributed by atoms with Crippen molar-refractivity contribution in [3.05, 3.63) is 52.1 Å². The van der Waals surface area contributed by atoms with E-state index in [4.69, 9.17) is 4.74 Å². The first-order valence-corrected chi connectivity index (χ1v) is 5.88. The topological polar surface area (TPSA) is 94.2 Å². The lowest BCUT2D eigenvalue weighted by molar-refractivity contribution is -0.384. The van der Waals surface area contributed by atoms with E-state index in [2.05, 4.69) is 16.8 Å². The standard InChI is InChI=1S/C13H13N3O4/c1-9-8-14-15-13(9,12(17)20-2)7-10-3-5-11(6-4-10)16(18)19/h3-6H,1,7-8H2,2H3/t13-/m0/s1. The summed E-state index contributed by atoms with van der Waals surface area (Å²) in [5.41, 5.74) is 0.0590. The number of hydrogen-bond donors (Lipinski definition) is 0. The van der Waals surface area contributed by atoms with Crippen molar-refractivity contribution in [2.45, 2.75) is 12.0 Å². The first-order chi connectivity index (χ1) is 9.49. The highest BCUT2D eigenvalue weighted by Gasteiger charge is 2.45. The van der Waals surface area contributed by atoms with Gasteiger partial charge in [-0.05, 0) is 11.1 Å². The lowest BCUT2D eigenvalue weighted by Crippen LogP contribution is -2.40. The molecule has 20 heavy (non-hydrogen) atoms. The third kappa shape index (κ3) is 2.29. The number of carbonyl (C=O) groups is 1. The van der Waals surface area contributed by atoms with Crippen LogP contribution in [0.15, 0.2) is 46.6 Å². The van der Waals surface area contributed by atoms with Gasteiger partial charge >= 0.3 is 5.97 Å². The van der Waals surface area contributed by atoms with Crippen LogP contribution < -0.4 is 0 Å². The Balaban J connectivity index is 2.29. The maximum absolute atomic E-state index is 12.0. The van der Waals surface area contributed by atoms with Gasteiger partial charge in [0, 0.05) is 18.6 Å². The largest absolute Gasteiger partial charge is 0.467 e. The highest BCUT2D eigenvalue weighted by Crippen LogP contribution is 2.32. The van der Waals surface area contributed by atoms with E-state index in [1.165, 1.54) is 19.2 Å². The highest BCUT2D eigenvalue weighted by atomic mass is 16.6. The molecule has 1 aliphatic heterocycles. The van der Waals surface area contributed by atoms with Crippen LogP contribution in [0, 0.1) is 10.1 Å². The van der Waals surface area contributed by atoms with Gasteiger partial charge in [0.2, 0.25) is 5.54 Å². The van der Waals surface area contributed by atoms with E-state index in [0.29, 0.717) is 5.57 Å². The van der Waals surface area contributed by atoms with Crippen LogP contribution in [-0.2, 0) is 16.0 Å². The first-order valence-electron chi connectivity index (χ1n) is 5.88. The molecular formula is C13H13N3O4. The Hall–Kier alpha value is -2.57. The fourth-order valence-corrected chi connectivity index (χ4v) is 2.06. The van der Waals surface area contributed by atoms with Crippen LogP contribution in [0.4, 0.5) is 5.69 Å². The molecule has 0 unspecified atom stereocenters. The molecule has 1 heterocycles. The van der Waals surface area contributed by atoms with Crippen LogP contribution in [0.3, 0.4) is 0 Å². The zero-order valence-electron chi connectivity index (χ0n) is 10.9. The van der Waals surface area contributed by atoms with Crippen molar-refractivity contribution < 1.29 is 14.5 Å². The van der Waals surface area contributed by atoms with Gasteiger partial charge in [0.15, 0.2) is 0 Å². The van der Waals surface area contributed by atoms with Crippen molar-refractivity contribution in [2.75, 3.05) is 13.7 Å². The molecule has 2 rings (SSSR count). The first kappa shape index (κ1) is 13.9. The van der Waals surface area contributed by atoms with Crippen LogP contribution in [0.25, 0.3) is 0 Å². The minimum atomic E-state index is -1.22. The second-order valence-electron chi connectivity index (χ2n) is 4.46. The molecule has 1 aromatic rings. The summed E-state index contributed by atoms with van der Waals surface area (Å²) in [6, 6.07) is 5.94. The molecule has 0 amide bonds. The Morgan fingerprint density at radius 2 is 2.15 bits per heavy atom. The highest BCUT2D eigenvalue weighted by molar-refractivity contribution is 5.86. The van der Waals surface area contributed by atoms with Crippen molar-refractivity contribution in [1.29, 1.82) is 0 Å². The molecule has 0 aliphatic carbocycles. The molecule has 0 saturated heterocycles. The Kier molecular flexibility index (Phi) is 3.60. The molecule has 0 saturated carbocycles. The maximum atomic E-state index is 12.0. The van der Waals surface area contributed by atoms with Crippen molar-refractivity contribution in [3.8, 4) is 0 Å². The fraction of sp³-hybridized carbons (Fsp3) is 0.308. The van der Waals surface area contributed by atoms with E-state index in [1.54, 1.807) is 12.1 Å². The number of nitro groups is 1.